The van der Waals surface area contributed by atoms with Crippen molar-refractivity contribution < 1.29 is 9.59 Å². The Kier molecular flexibility index (Phi) is 3.42. The van der Waals surface area contributed by atoms with Crippen LogP contribution in [0.15, 0.2) is 0 Å². The van der Waals surface area contributed by atoms with Gasteiger partial charge in [-0.1, -0.05) is 0 Å². The molecule has 0 heterocycles. The number of hydrogen-bond donors (Lipinski definition) is 2. The summed E-state index contributed by atoms with van der Waals surface area (Å²) in [4.78, 5) is 21.0. The number of hydrogen-bond acceptors (Lipinski definition) is 4. The highest BCUT2D eigenvalue weighted by Gasteiger charge is 2.34. The van der Waals surface area contributed by atoms with E-state index in [9.17, 15) is 9.59 Å². The fourth-order valence-electron chi connectivity index (χ4n) is 0.840. The Morgan fingerprint density at radius 3 is 1.54 bits per heavy atom. The lowest BCUT2D eigenvalue weighted by molar-refractivity contribution is -0.121. The zero-order valence-corrected chi connectivity index (χ0v) is 6.78. The Bertz CT molecular complexity index is 277. The van der Waals surface area contributed by atoms with E-state index in [-0.39, 0.29) is 0 Å². The van der Waals surface area contributed by atoms with Crippen LogP contribution in [0.1, 0.15) is 12.8 Å². The predicted octanol–water partition coefficient (Wildman–Crippen LogP) is -1.23. The summed E-state index contributed by atoms with van der Waals surface area (Å²) in [6, 6.07) is 3.13. The van der Waals surface area contributed by atoms with Crippen LogP contribution in [0.5, 0.6) is 0 Å². The molecule has 0 aliphatic carbocycles. The summed E-state index contributed by atoms with van der Waals surface area (Å²) in [5, 5.41) is 17.2. The molecule has 0 aliphatic heterocycles. The first kappa shape index (κ1) is 10.9. The molecule has 0 unspecified atom stereocenters. The van der Waals surface area contributed by atoms with Crippen LogP contribution in [0.4, 0.5) is 0 Å². The summed E-state index contributed by atoms with van der Waals surface area (Å²) in [6.07, 6.45) is -0.966. The Balaban J connectivity index is 4.75. The maximum atomic E-state index is 10.5. The third kappa shape index (κ3) is 3.21. The van der Waals surface area contributed by atoms with Gasteiger partial charge in [-0.15, -0.1) is 0 Å². The molecule has 0 spiro atoms. The van der Waals surface area contributed by atoms with Gasteiger partial charge in [-0.25, -0.2) is 0 Å². The molecule has 68 valence electrons. The van der Waals surface area contributed by atoms with E-state index in [1.807, 2.05) is 0 Å². The molecule has 0 aromatic carbocycles. The van der Waals surface area contributed by atoms with Gasteiger partial charge in [-0.05, 0) is 0 Å². The topological polar surface area (TPSA) is 134 Å². The average Bonchev–Trinajstić information content (AvgIpc) is 2.01. The molecule has 0 aliphatic rings. The summed E-state index contributed by atoms with van der Waals surface area (Å²) < 4.78 is 0. The first-order chi connectivity index (χ1) is 5.95. The van der Waals surface area contributed by atoms with Crippen molar-refractivity contribution >= 4 is 11.8 Å². The van der Waals surface area contributed by atoms with Gasteiger partial charge in [0, 0.05) is 0 Å². The molecular formula is C7H8N4O2. The molecule has 0 aromatic rings. The quantitative estimate of drug-likeness (QED) is 0.560. The minimum absolute atomic E-state index is 0.483. The van der Waals surface area contributed by atoms with Gasteiger partial charge in [0.15, 0.2) is 5.41 Å². The average molecular weight is 180 g/mol. The van der Waals surface area contributed by atoms with Gasteiger partial charge in [0.25, 0.3) is 0 Å². The molecule has 2 amide bonds. The molecular weight excluding hydrogens is 172 g/mol. The number of primary amides is 2. The smallest absolute Gasteiger partial charge is 0.220 e. The molecule has 0 rings (SSSR count). The van der Waals surface area contributed by atoms with Crippen LogP contribution < -0.4 is 11.5 Å². The van der Waals surface area contributed by atoms with Crippen molar-refractivity contribution in [3.8, 4) is 12.1 Å². The standard InChI is InChI=1S/C7H8N4O2/c8-3-7(4-9,1-5(10)12)2-6(11)13/h1-2H2,(H2,10,12)(H2,11,13). The fourth-order valence-corrected chi connectivity index (χ4v) is 0.840. The van der Waals surface area contributed by atoms with Crippen LogP contribution >= 0.6 is 0 Å². The van der Waals surface area contributed by atoms with Crippen molar-refractivity contribution in [2.24, 2.45) is 16.9 Å². The Morgan fingerprint density at radius 2 is 1.38 bits per heavy atom. The van der Waals surface area contributed by atoms with Crippen LogP contribution in [-0.4, -0.2) is 11.8 Å². The summed E-state index contributed by atoms with van der Waals surface area (Å²) in [5.41, 5.74) is 7.91. The lowest BCUT2D eigenvalue weighted by atomic mass is 9.84. The van der Waals surface area contributed by atoms with Crippen LogP contribution in [0, 0.1) is 28.1 Å². The molecule has 0 saturated carbocycles. The maximum Gasteiger partial charge on any atom is 0.220 e. The zero-order valence-electron chi connectivity index (χ0n) is 6.78. The summed E-state index contributed by atoms with van der Waals surface area (Å²) >= 11 is 0. The number of rotatable bonds is 4. The monoisotopic (exact) mass is 180 g/mol. The predicted molar refractivity (Wildman–Crippen MR) is 41.3 cm³/mol. The Morgan fingerprint density at radius 1 is 1.08 bits per heavy atom. The van der Waals surface area contributed by atoms with Crippen molar-refractivity contribution in [3.05, 3.63) is 0 Å². The van der Waals surface area contributed by atoms with Crippen molar-refractivity contribution in [1.82, 2.24) is 0 Å². The van der Waals surface area contributed by atoms with E-state index >= 15 is 0 Å². The van der Waals surface area contributed by atoms with Gasteiger partial charge < -0.3 is 11.5 Å². The Labute approximate surface area is 74.7 Å². The number of nitrogens with zero attached hydrogens (tertiary/aromatic N) is 2. The SMILES string of the molecule is N#CC(C#N)(CC(N)=O)CC(N)=O. The number of carbonyl (C=O) groups excluding carboxylic acids is 2. The first-order valence-corrected chi connectivity index (χ1v) is 3.35. The number of nitrogens with two attached hydrogens (primary N) is 2. The van der Waals surface area contributed by atoms with E-state index < -0.39 is 30.1 Å². The molecule has 0 atom stereocenters. The second-order valence-electron chi connectivity index (χ2n) is 2.59. The van der Waals surface area contributed by atoms with Gasteiger partial charge in [0.1, 0.15) is 0 Å². The Hall–Kier alpha value is -2.08. The number of amides is 2. The van der Waals surface area contributed by atoms with Gasteiger partial charge in [0.2, 0.25) is 11.8 Å². The lowest BCUT2D eigenvalue weighted by Crippen LogP contribution is -2.30. The molecule has 13 heavy (non-hydrogen) atoms. The minimum atomic E-state index is -1.71. The minimum Gasteiger partial charge on any atom is -0.370 e. The zero-order chi connectivity index (χ0) is 10.5. The van der Waals surface area contributed by atoms with Gasteiger partial charge in [-0.3, -0.25) is 9.59 Å². The van der Waals surface area contributed by atoms with Crippen LogP contribution in [-0.2, 0) is 9.59 Å². The molecule has 0 bridgehead atoms. The molecule has 6 heteroatoms. The third-order valence-electron chi connectivity index (χ3n) is 1.38. The van der Waals surface area contributed by atoms with E-state index in [1.54, 1.807) is 12.1 Å². The highest BCUT2D eigenvalue weighted by molar-refractivity contribution is 5.80. The first-order valence-electron chi connectivity index (χ1n) is 3.35. The van der Waals surface area contributed by atoms with Crippen LogP contribution in [0.25, 0.3) is 0 Å². The normalized spacial score (nSPS) is 9.69. The highest BCUT2D eigenvalue weighted by Crippen LogP contribution is 2.23. The van der Waals surface area contributed by atoms with E-state index in [0.29, 0.717) is 0 Å². The third-order valence-corrected chi connectivity index (χ3v) is 1.38. The number of carbonyl (C=O) groups is 2. The second kappa shape index (κ2) is 4.07. The van der Waals surface area contributed by atoms with E-state index in [1.165, 1.54) is 0 Å². The second-order valence-corrected chi connectivity index (χ2v) is 2.59. The largest absolute Gasteiger partial charge is 0.370 e. The van der Waals surface area contributed by atoms with Crippen molar-refractivity contribution in [3.63, 3.8) is 0 Å². The van der Waals surface area contributed by atoms with E-state index in [2.05, 4.69) is 0 Å². The maximum absolute atomic E-state index is 10.5. The van der Waals surface area contributed by atoms with Crippen molar-refractivity contribution in [2.75, 3.05) is 0 Å². The summed E-state index contributed by atoms with van der Waals surface area (Å²) in [6.45, 7) is 0. The molecule has 6 nitrogen and oxygen atoms in total. The van der Waals surface area contributed by atoms with Gasteiger partial charge in [-0.2, -0.15) is 10.5 Å². The summed E-state index contributed by atoms with van der Waals surface area (Å²) in [7, 11) is 0. The van der Waals surface area contributed by atoms with Crippen LogP contribution in [0.3, 0.4) is 0 Å². The van der Waals surface area contributed by atoms with Crippen molar-refractivity contribution in [2.45, 2.75) is 12.8 Å². The lowest BCUT2D eigenvalue weighted by Gasteiger charge is -2.13. The molecule has 0 aromatic heterocycles. The van der Waals surface area contributed by atoms with E-state index in [4.69, 9.17) is 22.0 Å². The van der Waals surface area contributed by atoms with Gasteiger partial charge >= 0.3 is 0 Å². The molecule has 4 N–H and O–H groups in total. The molecule has 0 fully saturated rings. The van der Waals surface area contributed by atoms with Crippen molar-refractivity contribution in [1.29, 1.82) is 10.5 Å². The molecule has 0 radical (unpaired) electrons. The number of nitriles is 2. The highest BCUT2D eigenvalue weighted by atomic mass is 16.1. The molecule has 0 saturated heterocycles. The van der Waals surface area contributed by atoms with E-state index in [0.717, 1.165) is 0 Å². The fraction of sp³-hybridized carbons (Fsp3) is 0.429. The van der Waals surface area contributed by atoms with Gasteiger partial charge in [0.05, 0.1) is 25.0 Å². The summed E-state index contributed by atoms with van der Waals surface area (Å²) in [5.74, 6) is -1.63. The van der Waals surface area contributed by atoms with Crippen LogP contribution in [0.2, 0.25) is 0 Å².